The lowest BCUT2D eigenvalue weighted by Crippen LogP contribution is -2.16. The summed E-state index contributed by atoms with van der Waals surface area (Å²) < 4.78 is 128. The monoisotopic (exact) mass is 844 g/mol. The van der Waals surface area contributed by atoms with Crippen molar-refractivity contribution in [1.29, 1.82) is 5.26 Å². The number of aromatic nitrogens is 2. The van der Waals surface area contributed by atoms with Crippen LogP contribution in [0.1, 0.15) is 11.1 Å². The van der Waals surface area contributed by atoms with Crippen LogP contribution >= 0.6 is 0 Å². The van der Waals surface area contributed by atoms with Crippen molar-refractivity contribution < 1.29 is 35.1 Å². The lowest BCUT2D eigenvalue weighted by atomic mass is 9.97. The van der Waals surface area contributed by atoms with E-state index < -0.39 is 63.3 Å². The van der Waals surface area contributed by atoms with E-state index in [1.807, 2.05) is 0 Å². The van der Waals surface area contributed by atoms with E-state index >= 15 is 30.7 Å². The van der Waals surface area contributed by atoms with Crippen molar-refractivity contribution >= 4 is 49.3 Å². The first-order valence-corrected chi connectivity index (χ1v) is 19.2. The Bertz CT molecular complexity index is 3430. The van der Waals surface area contributed by atoms with Gasteiger partial charge in [0, 0.05) is 21.5 Å². The number of nitrogens with zero attached hydrogens (tertiary/aromatic N) is 4. The van der Waals surface area contributed by atoms with Gasteiger partial charge < -0.3 is 9.13 Å². The Labute approximate surface area is 352 Å². The second-order valence-corrected chi connectivity index (χ2v) is 14.8. The van der Waals surface area contributed by atoms with Gasteiger partial charge in [-0.05, 0) is 82.4 Å². The van der Waals surface area contributed by atoms with Crippen LogP contribution in [0.25, 0.3) is 93.2 Å². The Morgan fingerprint density at radius 3 is 1.44 bits per heavy atom. The Hall–Kier alpha value is -8.22. The van der Waals surface area contributed by atoms with Crippen molar-refractivity contribution in [3.8, 4) is 50.8 Å². The molecule has 63 heavy (non-hydrogen) atoms. The molecule has 304 valence electrons. The number of rotatable bonds is 5. The van der Waals surface area contributed by atoms with Crippen LogP contribution in [0.4, 0.5) is 40.8 Å². The van der Waals surface area contributed by atoms with Crippen molar-refractivity contribution in [3.63, 3.8) is 0 Å². The topological polar surface area (TPSA) is 38.0 Å². The van der Waals surface area contributed by atoms with E-state index in [9.17, 15) is 9.65 Å². The second kappa shape index (κ2) is 14.5. The summed E-state index contributed by atoms with van der Waals surface area (Å²) in [6, 6.07) is 40.3. The third-order valence-corrected chi connectivity index (χ3v) is 11.4. The van der Waals surface area contributed by atoms with E-state index in [2.05, 4.69) is 10.9 Å². The van der Waals surface area contributed by atoms with Crippen molar-refractivity contribution in [3.05, 3.63) is 197 Å². The first-order chi connectivity index (χ1) is 30.4. The van der Waals surface area contributed by atoms with Crippen LogP contribution in [0.5, 0.6) is 0 Å². The average Bonchev–Trinajstić information content (AvgIpc) is 3.81. The van der Waals surface area contributed by atoms with Gasteiger partial charge in [-0.25, -0.2) is 26.8 Å². The van der Waals surface area contributed by atoms with Crippen molar-refractivity contribution in [2.75, 3.05) is 0 Å². The average molecular weight is 845 g/mol. The fraction of sp³-hybridized carbons (Fsp3) is 0.0196. The molecule has 0 spiro atoms. The molecule has 0 saturated carbocycles. The third-order valence-electron chi connectivity index (χ3n) is 11.4. The van der Waals surface area contributed by atoms with E-state index in [4.69, 9.17) is 6.57 Å². The molecule has 0 aliphatic heterocycles. The van der Waals surface area contributed by atoms with Crippen LogP contribution in [0.3, 0.4) is 0 Å². The normalized spacial score (nSPS) is 11.8. The maximum atomic E-state index is 16.3. The fourth-order valence-electron chi connectivity index (χ4n) is 8.71. The summed E-state index contributed by atoms with van der Waals surface area (Å²) in [6.07, 6.45) is -5.21. The fourth-order valence-corrected chi connectivity index (χ4v) is 8.71. The molecular weight excluding hydrogens is 821 g/mol. The lowest BCUT2D eigenvalue weighted by molar-refractivity contribution is -0.137. The molecule has 0 aliphatic rings. The van der Waals surface area contributed by atoms with Crippen molar-refractivity contribution in [2.45, 2.75) is 6.18 Å². The van der Waals surface area contributed by atoms with E-state index in [1.54, 1.807) is 133 Å². The summed E-state index contributed by atoms with van der Waals surface area (Å²) in [4.78, 5) is 3.62. The molecule has 0 radical (unpaired) electrons. The number of hydrogen-bond acceptors (Lipinski definition) is 1. The molecule has 4 nitrogen and oxygen atoms in total. The van der Waals surface area contributed by atoms with Gasteiger partial charge in [-0.15, -0.1) is 0 Å². The molecule has 0 N–H and O–H groups in total. The summed E-state index contributed by atoms with van der Waals surface area (Å²) in [7, 11) is 0. The maximum absolute atomic E-state index is 16.3. The van der Waals surface area contributed by atoms with Crippen molar-refractivity contribution in [2.24, 2.45) is 0 Å². The molecule has 2 aromatic heterocycles. The minimum Gasteiger partial charge on any atom is -0.309 e. The minimum absolute atomic E-state index is 0.214. The van der Waals surface area contributed by atoms with Gasteiger partial charge in [0.1, 0.15) is 5.56 Å². The minimum atomic E-state index is -5.21. The molecule has 10 aromatic rings. The standard InChI is InChI=1S/C51H24F8N4/c1-61-37-15-7-4-12-32(37)28-19-21-41-36(23-28)34-14-6-9-17-39(34)63(41)43-25-30(44-46(52)48(54)50(56)49(55)47(44)53)24-42(45(43)51(57,58)59)62-38-16-8-5-13-33(38)35-22-27(18-20-40(35)62)31-11-3-2-10-29(31)26-60/h2-25H. The van der Waals surface area contributed by atoms with Gasteiger partial charge >= 0.3 is 6.18 Å². The van der Waals surface area contributed by atoms with Crippen molar-refractivity contribution in [1.82, 2.24) is 9.13 Å². The predicted octanol–water partition coefficient (Wildman–Crippen LogP) is 15.0. The number of benzene rings is 8. The number of para-hydroxylation sites is 3. The molecular formula is C51H24F8N4. The van der Waals surface area contributed by atoms with E-state index in [0.29, 0.717) is 55.0 Å². The SMILES string of the molecule is [C-]#[N+]c1ccccc1-c1ccc2c(c1)c1ccccc1n2-c1cc(-c2c(F)c(F)c(F)c(F)c2F)cc(-n2c3ccccc3c3cc(-c4ccccc4C#N)ccc32)c1C(F)(F)F. The molecule has 0 fully saturated rings. The van der Waals surface area contributed by atoms with E-state index in [-0.39, 0.29) is 22.1 Å². The zero-order valence-electron chi connectivity index (χ0n) is 32.2. The number of alkyl halides is 3. The molecule has 10 rings (SSSR count). The molecule has 0 aliphatic carbocycles. The Kier molecular flexibility index (Phi) is 8.94. The van der Waals surface area contributed by atoms with Crippen LogP contribution in [0.15, 0.2) is 146 Å². The highest BCUT2D eigenvalue weighted by atomic mass is 19.4. The highest BCUT2D eigenvalue weighted by molar-refractivity contribution is 6.12. The Morgan fingerprint density at radius 1 is 0.476 bits per heavy atom. The predicted molar refractivity (Wildman–Crippen MR) is 227 cm³/mol. The summed E-state index contributed by atoms with van der Waals surface area (Å²) in [5, 5.41) is 11.7. The van der Waals surface area contributed by atoms with Crippen LogP contribution in [0.2, 0.25) is 0 Å². The van der Waals surface area contributed by atoms with Crippen LogP contribution in [0, 0.1) is 47.0 Å². The number of hydrogen-bond donors (Lipinski definition) is 0. The van der Waals surface area contributed by atoms with Crippen LogP contribution in [-0.4, -0.2) is 9.13 Å². The molecule has 0 amide bonds. The lowest BCUT2D eigenvalue weighted by Gasteiger charge is -2.23. The van der Waals surface area contributed by atoms with Crippen LogP contribution < -0.4 is 0 Å². The molecule has 0 saturated heterocycles. The first kappa shape index (κ1) is 38.9. The largest absolute Gasteiger partial charge is 0.420 e. The molecule has 12 heteroatoms. The maximum Gasteiger partial charge on any atom is 0.420 e. The molecule has 0 unspecified atom stereocenters. The molecule has 2 heterocycles. The van der Waals surface area contributed by atoms with E-state index in [1.165, 1.54) is 9.13 Å². The van der Waals surface area contributed by atoms with Gasteiger partial charge in [0.2, 0.25) is 5.82 Å². The van der Waals surface area contributed by atoms with Gasteiger partial charge in [-0.3, -0.25) is 0 Å². The van der Waals surface area contributed by atoms with Gasteiger partial charge in [0.25, 0.3) is 0 Å². The zero-order chi connectivity index (χ0) is 43.9. The Balaban J connectivity index is 1.37. The first-order valence-electron chi connectivity index (χ1n) is 19.2. The Morgan fingerprint density at radius 2 is 0.921 bits per heavy atom. The van der Waals surface area contributed by atoms with Crippen LogP contribution in [-0.2, 0) is 6.18 Å². The highest BCUT2D eigenvalue weighted by Crippen LogP contribution is 2.48. The van der Waals surface area contributed by atoms with E-state index in [0.717, 1.165) is 12.1 Å². The molecule has 0 atom stereocenters. The number of halogens is 8. The highest BCUT2D eigenvalue weighted by Gasteiger charge is 2.40. The summed E-state index contributed by atoms with van der Waals surface area (Å²) in [5.41, 5.74) is -0.841. The number of nitriles is 1. The molecule has 0 bridgehead atoms. The molecule has 8 aromatic carbocycles. The summed E-state index contributed by atoms with van der Waals surface area (Å²) in [5.74, 6) is -11.4. The quantitative estimate of drug-likeness (QED) is 0.0736. The summed E-state index contributed by atoms with van der Waals surface area (Å²) >= 11 is 0. The van der Waals surface area contributed by atoms with Gasteiger partial charge in [-0.2, -0.15) is 18.4 Å². The zero-order valence-corrected chi connectivity index (χ0v) is 32.2. The third kappa shape index (κ3) is 5.94. The van der Waals surface area contributed by atoms with Gasteiger partial charge in [0.05, 0.1) is 57.2 Å². The van der Waals surface area contributed by atoms with Gasteiger partial charge in [-0.1, -0.05) is 91.0 Å². The summed E-state index contributed by atoms with van der Waals surface area (Å²) in [6.45, 7) is 7.71. The smallest absolute Gasteiger partial charge is 0.309 e. The van der Waals surface area contributed by atoms with Gasteiger partial charge in [0.15, 0.2) is 29.0 Å². The number of fused-ring (bicyclic) bond motifs is 6. The second-order valence-electron chi connectivity index (χ2n) is 14.8.